The van der Waals surface area contributed by atoms with E-state index in [4.69, 9.17) is 14.2 Å². The number of carbonyl (C=O) groups is 2. The molecule has 1 heterocycles. The summed E-state index contributed by atoms with van der Waals surface area (Å²) < 4.78 is 16.1. The molecule has 0 aromatic heterocycles. The summed E-state index contributed by atoms with van der Waals surface area (Å²) in [7, 11) is 1.30. The highest BCUT2D eigenvalue weighted by molar-refractivity contribution is 5.83. The Labute approximate surface area is 126 Å². The average molecular weight is 301 g/mol. The Morgan fingerprint density at radius 1 is 1.10 bits per heavy atom. The molecule has 6 nitrogen and oxygen atoms in total. The summed E-state index contributed by atoms with van der Waals surface area (Å²) in [6.45, 7) is 12.9. The number of ether oxygens (including phenoxy) is 3. The second-order valence-corrected chi connectivity index (χ2v) is 7.42. The number of methoxy groups -OCH3 is 1. The molecule has 0 unspecified atom stereocenters. The van der Waals surface area contributed by atoms with Crippen LogP contribution in [0.2, 0.25) is 0 Å². The van der Waals surface area contributed by atoms with E-state index in [2.05, 4.69) is 0 Å². The van der Waals surface area contributed by atoms with Gasteiger partial charge in [-0.25, -0.2) is 9.59 Å². The minimum absolute atomic E-state index is 0.353. The van der Waals surface area contributed by atoms with E-state index in [1.807, 2.05) is 20.8 Å². The fourth-order valence-corrected chi connectivity index (χ4v) is 2.29. The first-order valence-corrected chi connectivity index (χ1v) is 7.13. The van der Waals surface area contributed by atoms with E-state index in [0.29, 0.717) is 0 Å². The summed E-state index contributed by atoms with van der Waals surface area (Å²) in [6.07, 6.45) is -1.57. The number of esters is 1. The maximum absolute atomic E-state index is 12.5. The van der Waals surface area contributed by atoms with Crippen LogP contribution >= 0.6 is 0 Å². The number of hydrogen-bond acceptors (Lipinski definition) is 5. The van der Waals surface area contributed by atoms with Gasteiger partial charge in [0.25, 0.3) is 0 Å². The van der Waals surface area contributed by atoms with Crippen molar-refractivity contribution in [3.8, 4) is 0 Å². The van der Waals surface area contributed by atoms with Crippen molar-refractivity contribution in [2.24, 2.45) is 5.41 Å². The first-order valence-electron chi connectivity index (χ1n) is 7.13. The van der Waals surface area contributed by atoms with Crippen molar-refractivity contribution >= 4 is 12.1 Å². The van der Waals surface area contributed by atoms with Crippen LogP contribution in [0, 0.1) is 5.41 Å². The molecule has 0 aliphatic carbocycles. The monoisotopic (exact) mass is 301 g/mol. The quantitative estimate of drug-likeness (QED) is 0.696. The van der Waals surface area contributed by atoms with Gasteiger partial charge in [0.05, 0.1) is 13.2 Å². The topological polar surface area (TPSA) is 65.1 Å². The Kier molecular flexibility index (Phi) is 4.93. The van der Waals surface area contributed by atoms with Crippen LogP contribution in [0.1, 0.15) is 48.5 Å². The summed E-state index contributed by atoms with van der Waals surface area (Å²) in [4.78, 5) is 25.9. The standard InChI is InChI=1S/C15H27NO5/c1-9-10(11(17)19-8)16(12(20-9)14(2,3)4)13(18)21-15(5,6)7/h9-10,12H,1-8H3/t9-,10-,12+/m1/s1. The van der Waals surface area contributed by atoms with Gasteiger partial charge in [0.15, 0.2) is 6.04 Å². The van der Waals surface area contributed by atoms with Crippen molar-refractivity contribution in [1.29, 1.82) is 0 Å². The number of hydrogen-bond donors (Lipinski definition) is 0. The van der Waals surface area contributed by atoms with E-state index < -0.39 is 36.0 Å². The lowest BCUT2D eigenvalue weighted by Gasteiger charge is -2.35. The molecule has 1 saturated heterocycles. The number of carbonyl (C=O) groups excluding carboxylic acids is 2. The van der Waals surface area contributed by atoms with Crippen LogP contribution in [0.15, 0.2) is 0 Å². The molecule has 1 rings (SSSR count). The molecule has 3 atom stereocenters. The summed E-state index contributed by atoms with van der Waals surface area (Å²) in [5, 5.41) is 0. The van der Waals surface area contributed by atoms with Crippen molar-refractivity contribution in [2.75, 3.05) is 7.11 Å². The Morgan fingerprint density at radius 3 is 2.00 bits per heavy atom. The van der Waals surface area contributed by atoms with Gasteiger partial charge in [-0.3, -0.25) is 4.90 Å². The second kappa shape index (κ2) is 5.83. The third-order valence-corrected chi connectivity index (χ3v) is 3.13. The van der Waals surface area contributed by atoms with Crippen molar-refractivity contribution in [3.63, 3.8) is 0 Å². The van der Waals surface area contributed by atoms with Crippen molar-refractivity contribution in [3.05, 3.63) is 0 Å². The van der Waals surface area contributed by atoms with Gasteiger partial charge in [-0.15, -0.1) is 0 Å². The third kappa shape index (κ3) is 4.09. The van der Waals surface area contributed by atoms with Gasteiger partial charge in [0, 0.05) is 5.41 Å². The molecule has 122 valence electrons. The Bertz CT molecular complexity index is 407. The van der Waals surface area contributed by atoms with Crippen LogP contribution in [-0.2, 0) is 19.0 Å². The fourth-order valence-electron chi connectivity index (χ4n) is 2.29. The highest BCUT2D eigenvalue weighted by atomic mass is 16.6. The molecule has 0 saturated carbocycles. The maximum Gasteiger partial charge on any atom is 0.413 e. The van der Waals surface area contributed by atoms with Gasteiger partial charge in [0.1, 0.15) is 11.8 Å². The number of nitrogens with zero attached hydrogens (tertiary/aromatic N) is 1. The number of amides is 1. The van der Waals surface area contributed by atoms with Gasteiger partial charge < -0.3 is 14.2 Å². The fraction of sp³-hybridized carbons (Fsp3) is 0.867. The molecular weight excluding hydrogens is 274 g/mol. The Hall–Kier alpha value is -1.30. The zero-order valence-corrected chi connectivity index (χ0v) is 14.2. The minimum atomic E-state index is -0.797. The minimum Gasteiger partial charge on any atom is -0.467 e. The molecule has 6 heteroatoms. The summed E-state index contributed by atoms with van der Waals surface area (Å²) >= 11 is 0. The molecule has 1 amide bonds. The van der Waals surface area contributed by atoms with E-state index in [1.165, 1.54) is 12.0 Å². The Balaban J connectivity index is 3.14. The first kappa shape index (κ1) is 17.8. The van der Waals surface area contributed by atoms with Crippen LogP contribution in [0.5, 0.6) is 0 Å². The van der Waals surface area contributed by atoms with Crippen molar-refractivity contribution in [2.45, 2.75) is 72.4 Å². The summed E-state index contributed by atoms with van der Waals surface area (Å²) in [6, 6.07) is -0.797. The smallest absolute Gasteiger partial charge is 0.413 e. The van der Waals surface area contributed by atoms with Crippen molar-refractivity contribution in [1.82, 2.24) is 4.90 Å². The van der Waals surface area contributed by atoms with E-state index in [9.17, 15) is 9.59 Å². The van der Waals surface area contributed by atoms with E-state index in [1.54, 1.807) is 27.7 Å². The predicted molar refractivity (Wildman–Crippen MR) is 77.7 cm³/mol. The SMILES string of the molecule is COC(=O)[C@H]1[C@@H](C)O[C@@H](C(C)(C)C)N1C(=O)OC(C)(C)C. The lowest BCUT2D eigenvalue weighted by Crippen LogP contribution is -2.52. The van der Waals surface area contributed by atoms with Crippen LogP contribution < -0.4 is 0 Å². The molecule has 1 aliphatic heterocycles. The maximum atomic E-state index is 12.5. The van der Waals surface area contributed by atoms with Gasteiger partial charge in [0.2, 0.25) is 0 Å². The molecule has 21 heavy (non-hydrogen) atoms. The lowest BCUT2D eigenvalue weighted by molar-refractivity contribution is -0.146. The highest BCUT2D eigenvalue weighted by Crippen LogP contribution is 2.36. The molecule has 1 fully saturated rings. The second-order valence-electron chi connectivity index (χ2n) is 7.42. The molecule has 0 aromatic rings. The van der Waals surface area contributed by atoms with Crippen LogP contribution in [0.3, 0.4) is 0 Å². The predicted octanol–water partition coefficient (Wildman–Crippen LogP) is 2.56. The molecule has 1 aliphatic rings. The molecule has 0 N–H and O–H groups in total. The molecule has 0 aromatic carbocycles. The number of rotatable bonds is 1. The average Bonchev–Trinajstić information content (AvgIpc) is 2.63. The van der Waals surface area contributed by atoms with Gasteiger partial charge >= 0.3 is 12.1 Å². The van der Waals surface area contributed by atoms with E-state index in [0.717, 1.165) is 0 Å². The molecule has 0 spiro atoms. The lowest BCUT2D eigenvalue weighted by atomic mass is 9.93. The first-order chi connectivity index (χ1) is 9.38. The van der Waals surface area contributed by atoms with E-state index >= 15 is 0 Å². The van der Waals surface area contributed by atoms with Gasteiger partial charge in [-0.2, -0.15) is 0 Å². The largest absolute Gasteiger partial charge is 0.467 e. The summed E-state index contributed by atoms with van der Waals surface area (Å²) in [5.41, 5.74) is -1.00. The summed E-state index contributed by atoms with van der Waals surface area (Å²) in [5.74, 6) is -0.500. The third-order valence-electron chi connectivity index (χ3n) is 3.13. The van der Waals surface area contributed by atoms with Crippen molar-refractivity contribution < 1.29 is 23.8 Å². The molecular formula is C15H27NO5. The highest BCUT2D eigenvalue weighted by Gasteiger charge is 2.52. The zero-order chi connectivity index (χ0) is 16.6. The van der Waals surface area contributed by atoms with Gasteiger partial charge in [-0.1, -0.05) is 20.8 Å². The van der Waals surface area contributed by atoms with Gasteiger partial charge in [-0.05, 0) is 27.7 Å². The van der Waals surface area contributed by atoms with Crippen LogP contribution in [-0.4, -0.2) is 48.0 Å². The zero-order valence-electron chi connectivity index (χ0n) is 14.2. The molecule has 0 radical (unpaired) electrons. The van der Waals surface area contributed by atoms with Crippen LogP contribution in [0.25, 0.3) is 0 Å². The van der Waals surface area contributed by atoms with E-state index in [-0.39, 0.29) is 5.41 Å². The normalized spacial score (nSPS) is 26.7. The molecule has 0 bridgehead atoms. The Morgan fingerprint density at radius 2 is 1.62 bits per heavy atom. The van der Waals surface area contributed by atoms with Crippen LogP contribution in [0.4, 0.5) is 4.79 Å².